The van der Waals surface area contributed by atoms with Crippen LogP contribution in [0.4, 0.5) is 5.69 Å². The summed E-state index contributed by atoms with van der Waals surface area (Å²) < 4.78 is 7.17. The molecular formula is C13H19ClN4O. The highest BCUT2D eigenvalue weighted by Gasteiger charge is 2.17. The third kappa shape index (κ3) is 2.98. The molecule has 2 aromatic rings. The van der Waals surface area contributed by atoms with Crippen LogP contribution in [-0.2, 0) is 11.2 Å². The van der Waals surface area contributed by atoms with Gasteiger partial charge in [0.25, 0.3) is 0 Å². The van der Waals surface area contributed by atoms with Crippen molar-refractivity contribution in [2.75, 3.05) is 19.0 Å². The first-order valence-corrected chi connectivity index (χ1v) is 6.67. The van der Waals surface area contributed by atoms with E-state index in [0.717, 1.165) is 23.4 Å². The second kappa shape index (κ2) is 5.35. The van der Waals surface area contributed by atoms with Gasteiger partial charge in [0.2, 0.25) is 0 Å². The number of methoxy groups -OCH3 is 1. The molecule has 0 fully saturated rings. The van der Waals surface area contributed by atoms with Gasteiger partial charge in [-0.15, -0.1) is 0 Å². The maximum atomic E-state index is 6.06. The fraction of sp³-hybridized carbons (Fsp3) is 0.538. The van der Waals surface area contributed by atoms with E-state index in [2.05, 4.69) is 22.3 Å². The second-order valence-electron chi connectivity index (χ2n) is 5.04. The predicted molar refractivity (Wildman–Crippen MR) is 77.0 cm³/mol. The Labute approximate surface area is 117 Å². The molecule has 0 radical (unpaired) electrons. The fourth-order valence-corrected chi connectivity index (χ4v) is 1.92. The van der Waals surface area contributed by atoms with Crippen molar-refractivity contribution in [2.45, 2.75) is 32.8 Å². The van der Waals surface area contributed by atoms with Gasteiger partial charge in [-0.25, -0.2) is 9.50 Å². The minimum Gasteiger partial charge on any atom is -0.379 e. The Kier molecular flexibility index (Phi) is 3.96. The topological polar surface area (TPSA) is 51.5 Å². The average molecular weight is 283 g/mol. The molecule has 0 aliphatic carbocycles. The van der Waals surface area contributed by atoms with Gasteiger partial charge in [-0.05, 0) is 20.3 Å². The van der Waals surface area contributed by atoms with Crippen molar-refractivity contribution in [1.82, 2.24) is 14.6 Å². The number of hydrogen-bond acceptors (Lipinski definition) is 4. The van der Waals surface area contributed by atoms with Crippen LogP contribution in [0, 0.1) is 0 Å². The van der Waals surface area contributed by atoms with Crippen molar-refractivity contribution in [1.29, 1.82) is 0 Å². The molecule has 1 N–H and O–H groups in total. The van der Waals surface area contributed by atoms with Gasteiger partial charge in [0, 0.05) is 19.7 Å². The van der Waals surface area contributed by atoms with E-state index >= 15 is 0 Å². The fourth-order valence-electron chi connectivity index (χ4n) is 1.74. The first kappa shape index (κ1) is 14.1. The molecule has 0 aromatic carbocycles. The molecule has 0 saturated heterocycles. The quantitative estimate of drug-likeness (QED) is 0.916. The van der Waals surface area contributed by atoms with Crippen LogP contribution in [0.2, 0.25) is 5.15 Å². The molecule has 0 atom stereocenters. The van der Waals surface area contributed by atoms with E-state index < -0.39 is 0 Å². The lowest BCUT2D eigenvalue weighted by Crippen LogP contribution is -2.32. The Balaban J connectivity index is 2.35. The normalized spacial score (nSPS) is 12.1. The smallest absolute Gasteiger partial charge is 0.177 e. The van der Waals surface area contributed by atoms with Gasteiger partial charge in [0.05, 0.1) is 23.2 Å². The summed E-state index contributed by atoms with van der Waals surface area (Å²) in [5, 5.41) is 8.05. The lowest BCUT2D eigenvalue weighted by atomic mass is 10.1. The number of hydrogen-bond donors (Lipinski definition) is 1. The highest BCUT2D eigenvalue weighted by molar-refractivity contribution is 6.29. The second-order valence-corrected chi connectivity index (χ2v) is 5.42. The number of ether oxygens (including phenoxy) is 1. The molecule has 0 aliphatic heterocycles. The standard InChI is InChI=1S/C13H19ClN4O/c1-5-9-7-15-12-10(6-11(14)17-18(9)12)16-8-13(2,3)19-4/h6-7,16H,5,8H2,1-4H3. The number of rotatable bonds is 5. The minimum atomic E-state index is -0.257. The molecule has 104 valence electrons. The number of aryl methyl sites for hydroxylation is 1. The van der Waals surface area contributed by atoms with Gasteiger partial charge in [0.15, 0.2) is 10.8 Å². The molecule has 0 spiro atoms. The summed E-state index contributed by atoms with van der Waals surface area (Å²) in [5.74, 6) is 0. The third-order valence-electron chi connectivity index (χ3n) is 3.13. The van der Waals surface area contributed by atoms with E-state index in [4.69, 9.17) is 16.3 Å². The van der Waals surface area contributed by atoms with Crippen molar-refractivity contribution in [3.63, 3.8) is 0 Å². The molecule has 5 nitrogen and oxygen atoms in total. The summed E-state index contributed by atoms with van der Waals surface area (Å²) in [5.41, 5.74) is 2.43. The molecule has 19 heavy (non-hydrogen) atoms. The zero-order chi connectivity index (χ0) is 14.0. The van der Waals surface area contributed by atoms with Crippen LogP contribution in [0.25, 0.3) is 5.65 Å². The Hall–Kier alpha value is -1.33. The van der Waals surface area contributed by atoms with Crippen molar-refractivity contribution >= 4 is 22.9 Å². The Bertz CT molecular complexity index is 579. The monoisotopic (exact) mass is 282 g/mol. The number of anilines is 1. The van der Waals surface area contributed by atoms with Gasteiger partial charge >= 0.3 is 0 Å². The molecule has 2 aromatic heterocycles. The van der Waals surface area contributed by atoms with Gasteiger partial charge in [-0.2, -0.15) is 5.10 Å². The number of nitrogens with zero attached hydrogens (tertiary/aromatic N) is 3. The highest BCUT2D eigenvalue weighted by atomic mass is 35.5. The molecule has 0 amide bonds. The van der Waals surface area contributed by atoms with Crippen LogP contribution in [0.1, 0.15) is 26.5 Å². The van der Waals surface area contributed by atoms with E-state index in [9.17, 15) is 0 Å². The first-order chi connectivity index (χ1) is 8.96. The lowest BCUT2D eigenvalue weighted by Gasteiger charge is -2.23. The zero-order valence-electron chi connectivity index (χ0n) is 11.7. The van der Waals surface area contributed by atoms with Gasteiger partial charge in [-0.1, -0.05) is 18.5 Å². The van der Waals surface area contributed by atoms with Crippen molar-refractivity contribution in [3.05, 3.63) is 23.1 Å². The number of aromatic nitrogens is 3. The number of halogens is 1. The largest absolute Gasteiger partial charge is 0.379 e. The van der Waals surface area contributed by atoms with Crippen LogP contribution in [-0.4, -0.2) is 33.9 Å². The van der Waals surface area contributed by atoms with E-state index in [-0.39, 0.29) is 5.60 Å². The summed E-state index contributed by atoms with van der Waals surface area (Å²) in [6, 6.07) is 1.79. The molecule has 6 heteroatoms. The lowest BCUT2D eigenvalue weighted by molar-refractivity contribution is 0.0344. The predicted octanol–water partition coefficient (Wildman–Crippen LogP) is 2.78. The van der Waals surface area contributed by atoms with E-state index in [1.54, 1.807) is 17.7 Å². The number of fused-ring (bicyclic) bond motifs is 1. The average Bonchev–Trinajstić information content (AvgIpc) is 2.78. The zero-order valence-corrected chi connectivity index (χ0v) is 12.5. The molecular weight excluding hydrogens is 264 g/mol. The summed E-state index contributed by atoms with van der Waals surface area (Å²) >= 11 is 6.06. The van der Waals surface area contributed by atoms with Crippen LogP contribution in [0.3, 0.4) is 0 Å². The SMILES string of the molecule is CCc1cnc2c(NCC(C)(C)OC)cc(Cl)nn12. The Morgan fingerprint density at radius 1 is 1.47 bits per heavy atom. The third-order valence-corrected chi connectivity index (χ3v) is 3.31. The molecule has 0 bridgehead atoms. The molecule has 0 unspecified atom stereocenters. The van der Waals surface area contributed by atoms with Crippen molar-refractivity contribution < 1.29 is 4.74 Å². The van der Waals surface area contributed by atoms with Crippen LogP contribution in [0.15, 0.2) is 12.3 Å². The summed E-state index contributed by atoms with van der Waals surface area (Å²) in [6.07, 6.45) is 2.68. The number of nitrogens with one attached hydrogen (secondary N) is 1. The van der Waals surface area contributed by atoms with Gasteiger partial charge < -0.3 is 10.1 Å². The van der Waals surface area contributed by atoms with E-state index in [0.29, 0.717) is 11.7 Å². The summed E-state index contributed by atoms with van der Waals surface area (Å²) in [4.78, 5) is 4.40. The molecule has 2 heterocycles. The van der Waals surface area contributed by atoms with E-state index in [1.807, 2.05) is 20.0 Å². The van der Waals surface area contributed by atoms with Gasteiger partial charge in [0.1, 0.15) is 0 Å². The summed E-state index contributed by atoms with van der Waals surface area (Å²) in [7, 11) is 1.70. The number of imidazole rings is 1. The minimum absolute atomic E-state index is 0.257. The van der Waals surface area contributed by atoms with E-state index in [1.165, 1.54) is 0 Å². The van der Waals surface area contributed by atoms with Crippen LogP contribution in [0.5, 0.6) is 0 Å². The molecule has 2 rings (SSSR count). The molecule has 0 aliphatic rings. The Morgan fingerprint density at radius 2 is 2.21 bits per heavy atom. The summed E-state index contributed by atoms with van der Waals surface area (Å²) in [6.45, 7) is 6.76. The van der Waals surface area contributed by atoms with Crippen LogP contribution >= 0.6 is 11.6 Å². The maximum absolute atomic E-state index is 6.06. The maximum Gasteiger partial charge on any atom is 0.177 e. The first-order valence-electron chi connectivity index (χ1n) is 6.29. The highest BCUT2D eigenvalue weighted by Crippen LogP contribution is 2.21. The molecule has 0 saturated carbocycles. The Morgan fingerprint density at radius 3 is 2.84 bits per heavy atom. The van der Waals surface area contributed by atoms with Gasteiger partial charge in [-0.3, -0.25) is 0 Å². The van der Waals surface area contributed by atoms with Crippen molar-refractivity contribution in [3.8, 4) is 0 Å². The van der Waals surface area contributed by atoms with Crippen molar-refractivity contribution in [2.24, 2.45) is 0 Å². The van der Waals surface area contributed by atoms with Crippen LogP contribution < -0.4 is 5.32 Å².